The second kappa shape index (κ2) is 8.89. The Kier molecular flexibility index (Phi) is 6.55. The van der Waals surface area contributed by atoms with Gasteiger partial charge in [0.15, 0.2) is 0 Å². The van der Waals surface area contributed by atoms with Crippen molar-refractivity contribution in [2.24, 2.45) is 5.92 Å². The number of halogens is 1. The minimum Gasteiger partial charge on any atom is -0.370 e. The van der Waals surface area contributed by atoms with E-state index in [4.69, 9.17) is 11.6 Å². The Morgan fingerprint density at radius 2 is 1.85 bits per heavy atom. The third-order valence-corrected chi connectivity index (χ3v) is 6.04. The summed E-state index contributed by atoms with van der Waals surface area (Å²) >= 11 is 6.24. The normalized spacial score (nSPS) is 19.3. The fourth-order valence-electron chi connectivity index (χ4n) is 3.93. The number of nitrogens with zero attached hydrogens (tertiary/aromatic N) is 4. The summed E-state index contributed by atoms with van der Waals surface area (Å²) in [5.74, 6) is 0.673. The molecule has 0 aromatic heterocycles. The summed E-state index contributed by atoms with van der Waals surface area (Å²) in [5.41, 5.74) is 0.843. The average Bonchev–Trinajstić information content (AvgIpc) is 2.68. The first-order chi connectivity index (χ1) is 13.0. The van der Waals surface area contributed by atoms with Crippen molar-refractivity contribution in [3.8, 4) is 0 Å². The summed E-state index contributed by atoms with van der Waals surface area (Å²) in [7, 11) is 0. The molecule has 0 saturated carbocycles. The van der Waals surface area contributed by atoms with Crippen molar-refractivity contribution in [2.45, 2.75) is 26.2 Å². The van der Waals surface area contributed by atoms with E-state index in [0.29, 0.717) is 17.4 Å². The highest BCUT2D eigenvalue weighted by Gasteiger charge is 2.26. The highest BCUT2D eigenvalue weighted by atomic mass is 35.5. The monoisotopic (exact) mass is 394 g/mol. The van der Waals surface area contributed by atoms with E-state index in [1.807, 2.05) is 4.90 Å². The predicted octanol–water partition coefficient (Wildman–Crippen LogP) is 3.02. The summed E-state index contributed by atoms with van der Waals surface area (Å²) in [5, 5.41) is 11.3. The number of non-ortho nitro benzene ring substituents is 1. The molecule has 148 valence electrons. The second-order valence-electron chi connectivity index (χ2n) is 7.34. The van der Waals surface area contributed by atoms with E-state index in [1.165, 1.54) is 12.1 Å². The highest BCUT2D eigenvalue weighted by molar-refractivity contribution is 6.33. The zero-order valence-electron chi connectivity index (χ0n) is 15.8. The molecule has 0 radical (unpaired) electrons. The van der Waals surface area contributed by atoms with Crippen LogP contribution in [0.4, 0.5) is 11.4 Å². The summed E-state index contributed by atoms with van der Waals surface area (Å²) in [6, 6.07) is 4.62. The van der Waals surface area contributed by atoms with E-state index in [2.05, 4.69) is 16.7 Å². The fraction of sp³-hybridized carbons (Fsp3) is 0.632. The quantitative estimate of drug-likeness (QED) is 0.567. The zero-order valence-corrected chi connectivity index (χ0v) is 16.5. The van der Waals surface area contributed by atoms with Gasteiger partial charge in [-0.25, -0.2) is 0 Å². The number of hydrogen-bond donors (Lipinski definition) is 0. The van der Waals surface area contributed by atoms with Crippen molar-refractivity contribution in [1.82, 2.24) is 9.80 Å². The second-order valence-corrected chi connectivity index (χ2v) is 7.75. The van der Waals surface area contributed by atoms with Crippen molar-refractivity contribution in [3.05, 3.63) is 33.3 Å². The number of nitro benzene ring substituents is 1. The number of hydrogen-bond acceptors (Lipinski definition) is 5. The Labute approximate surface area is 165 Å². The first-order valence-electron chi connectivity index (χ1n) is 9.67. The maximum atomic E-state index is 12.6. The smallest absolute Gasteiger partial charge is 0.271 e. The van der Waals surface area contributed by atoms with E-state index < -0.39 is 4.92 Å². The highest BCUT2D eigenvalue weighted by Crippen LogP contribution is 2.33. The molecule has 1 aromatic rings. The number of amides is 1. The Morgan fingerprint density at radius 3 is 2.41 bits per heavy atom. The topological polar surface area (TPSA) is 69.9 Å². The molecule has 0 spiro atoms. The lowest BCUT2D eigenvalue weighted by Gasteiger charge is -2.37. The maximum Gasteiger partial charge on any atom is 0.271 e. The van der Waals surface area contributed by atoms with Gasteiger partial charge in [0, 0.05) is 57.8 Å². The van der Waals surface area contributed by atoms with Crippen molar-refractivity contribution in [1.29, 1.82) is 0 Å². The number of carbonyl (C=O) groups excluding carboxylic acids is 1. The van der Waals surface area contributed by atoms with Gasteiger partial charge < -0.3 is 14.7 Å². The van der Waals surface area contributed by atoms with Crippen molar-refractivity contribution in [3.63, 3.8) is 0 Å². The first kappa shape index (κ1) is 19.9. The fourth-order valence-corrected chi connectivity index (χ4v) is 4.23. The third kappa shape index (κ3) is 4.90. The van der Waals surface area contributed by atoms with E-state index in [0.717, 1.165) is 64.3 Å². The molecule has 0 bridgehead atoms. The molecule has 27 heavy (non-hydrogen) atoms. The largest absolute Gasteiger partial charge is 0.370 e. The lowest BCUT2D eigenvalue weighted by atomic mass is 9.92. The molecular formula is C19H27ClN4O3. The Bertz CT molecular complexity index is 684. The molecule has 8 heteroatoms. The molecule has 0 atom stereocenters. The number of likely N-dealkylation sites (N-methyl/N-ethyl adjacent to an activating group) is 1. The SMILES string of the molecule is CCN1CCN(C(=O)CC2CCN(c3ccc([N+](=O)[O-])cc3Cl)CC2)CC1. The molecule has 0 aliphatic carbocycles. The summed E-state index contributed by atoms with van der Waals surface area (Å²) in [4.78, 5) is 29.5. The van der Waals surface area contributed by atoms with E-state index in [-0.39, 0.29) is 11.6 Å². The predicted molar refractivity (Wildman–Crippen MR) is 106 cm³/mol. The summed E-state index contributed by atoms with van der Waals surface area (Å²) in [6.45, 7) is 8.46. The van der Waals surface area contributed by atoms with Crippen LogP contribution in [0.3, 0.4) is 0 Å². The van der Waals surface area contributed by atoms with Crippen LogP contribution >= 0.6 is 11.6 Å². The van der Waals surface area contributed by atoms with Crippen LogP contribution in [0, 0.1) is 16.0 Å². The summed E-state index contributed by atoms with van der Waals surface area (Å²) < 4.78 is 0. The van der Waals surface area contributed by atoms with Crippen LogP contribution in [0.15, 0.2) is 18.2 Å². The van der Waals surface area contributed by atoms with Gasteiger partial charge in [-0.15, -0.1) is 0 Å². The number of carbonyl (C=O) groups is 1. The van der Waals surface area contributed by atoms with Gasteiger partial charge in [0.2, 0.25) is 5.91 Å². The minimum absolute atomic E-state index is 0.00685. The number of rotatable bonds is 5. The average molecular weight is 395 g/mol. The van der Waals surface area contributed by atoms with Crippen LogP contribution in [-0.2, 0) is 4.79 Å². The van der Waals surface area contributed by atoms with Gasteiger partial charge in [-0.1, -0.05) is 18.5 Å². The molecule has 0 unspecified atom stereocenters. The molecule has 2 fully saturated rings. The van der Waals surface area contributed by atoms with Crippen LogP contribution < -0.4 is 4.90 Å². The molecule has 2 aliphatic heterocycles. The van der Waals surface area contributed by atoms with E-state index in [1.54, 1.807) is 6.07 Å². The van der Waals surface area contributed by atoms with Gasteiger partial charge in [-0.05, 0) is 31.4 Å². The zero-order chi connectivity index (χ0) is 19.4. The Morgan fingerprint density at radius 1 is 1.19 bits per heavy atom. The molecular weight excluding hydrogens is 368 g/mol. The molecule has 2 heterocycles. The van der Waals surface area contributed by atoms with Crippen LogP contribution in [0.1, 0.15) is 26.2 Å². The van der Waals surface area contributed by atoms with Crippen LogP contribution in [-0.4, -0.2) is 66.4 Å². The van der Waals surface area contributed by atoms with Crippen LogP contribution in [0.5, 0.6) is 0 Å². The van der Waals surface area contributed by atoms with Gasteiger partial charge >= 0.3 is 0 Å². The van der Waals surface area contributed by atoms with E-state index in [9.17, 15) is 14.9 Å². The number of anilines is 1. The number of piperazine rings is 1. The maximum absolute atomic E-state index is 12.6. The molecule has 2 aliphatic rings. The van der Waals surface area contributed by atoms with E-state index >= 15 is 0 Å². The molecule has 1 aromatic carbocycles. The van der Waals surface area contributed by atoms with Crippen molar-refractivity contribution in [2.75, 3.05) is 50.7 Å². The van der Waals surface area contributed by atoms with Crippen LogP contribution in [0.2, 0.25) is 5.02 Å². The molecule has 2 saturated heterocycles. The van der Waals surface area contributed by atoms with Crippen molar-refractivity contribution < 1.29 is 9.72 Å². The number of nitro groups is 1. The minimum atomic E-state index is -0.437. The lowest BCUT2D eigenvalue weighted by Crippen LogP contribution is -2.49. The molecule has 0 N–H and O–H groups in total. The third-order valence-electron chi connectivity index (χ3n) is 5.73. The van der Waals surface area contributed by atoms with Gasteiger partial charge in [0.25, 0.3) is 5.69 Å². The molecule has 1 amide bonds. The standard InChI is InChI=1S/C19H27ClN4O3/c1-2-21-9-11-23(12-10-21)19(25)13-15-5-7-22(8-6-15)18-4-3-16(24(26)27)14-17(18)20/h3-4,14-15H,2,5-13H2,1H3. The lowest BCUT2D eigenvalue weighted by molar-refractivity contribution is -0.384. The Balaban J connectivity index is 1.49. The summed E-state index contributed by atoms with van der Waals surface area (Å²) in [6.07, 6.45) is 2.50. The van der Waals surface area contributed by atoms with Gasteiger partial charge in [0.05, 0.1) is 15.6 Å². The Hall–Kier alpha value is -1.86. The molecule has 3 rings (SSSR count). The number of benzene rings is 1. The molecule has 7 nitrogen and oxygen atoms in total. The van der Waals surface area contributed by atoms with Gasteiger partial charge in [0.1, 0.15) is 0 Å². The number of piperidine rings is 1. The first-order valence-corrected chi connectivity index (χ1v) is 10.0. The van der Waals surface area contributed by atoms with Gasteiger partial charge in [-0.2, -0.15) is 0 Å². The van der Waals surface area contributed by atoms with Gasteiger partial charge in [-0.3, -0.25) is 14.9 Å². The van der Waals surface area contributed by atoms with Crippen LogP contribution in [0.25, 0.3) is 0 Å². The van der Waals surface area contributed by atoms with Crippen molar-refractivity contribution >= 4 is 28.9 Å².